The predicted molar refractivity (Wildman–Crippen MR) is 132 cm³/mol. The van der Waals surface area contributed by atoms with Gasteiger partial charge in [-0.25, -0.2) is 13.1 Å². The quantitative estimate of drug-likeness (QED) is 0.379. The van der Waals surface area contributed by atoms with Crippen LogP contribution in [0.2, 0.25) is 5.02 Å². The third-order valence-corrected chi connectivity index (χ3v) is 8.21. The van der Waals surface area contributed by atoms with E-state index >= 15 is 0 Å². The van der Waals surface area contributed by atoms with E-state index in [1.807, 2.05) is 24.3 Å². The number of esters is 1. The lowest BCUT2D eigenvalue weighted by atomic mass is 9.84. The lowest BCUT2D eigenvalue weighted by Crippen LogP contribution is -2.29. The first-order valence-electron chi connectivity index (χ1n) is 11.8. The van der Waals surface area contributed by atoms with E-state index in [0.717, 1.165) is 36.8 Å². The molecular formula is C26H34ClNO4S. The Bertz CT molecular complexity index is 984. The van der Waals surface area contributed by atoms with Gasteiger partial charge in [0.15, 0.2) is 0 Å². The summed E-state index contributed by atoms with van der Waals surface area (Å²) in [5.74, 6) is 0.463. The summed E-state index contributed by atoms with van der Waals surface area (Å²) in [5, 5.41) is 0.505. The average molecular weight is 492 g/mol. The van der Waals surface area contributed by atoms with Crippen molar-refractivity contribution in [1.82, 2.24) is 4.72 Å². The molecule has 2 aromatic rings. The normalized spacial score (nSPS) is 15.8. The predicted octanol–water partition coefficient (Wildman–Crippen LogP) is 6.22. The van der Waals surface area contributed by atoms with Crippen LogP contribution in [0.3, 0.4) is 0 Å². The summed E-state index contributed by atoms with van der Waals surface area (Å²) in [5.41, 5.74) is 2.08. The summed E-state index contributed by atoms with van der Waals surface area (Å²) in [4.78, 5) is 11.5. The highest BCUT2D eigenvalue weighted by Gasteiger charge is 2.23. The van der Waals surface area contributed by atoms with Crippen molar-refractivity contribution in [3.05, 3.63) is 64.7 Å². The second-order valence-corrected chi connectivity index (χ2v) is 11.0. The Morgan fingerprint density at radius 3 is 2.36 bits per heavy atom. The molecule has 1 saturated carbocycles. The summed E-state index contributed by atoms with van der Waals surface area (Å²) >= 11 is 5.93. The van der Waals surface area contributed by atoms with Crippen molar-refractivity contribution < 1.29 is 17.9 Å². The molecule has 1 fully saturated rings. The molecule has 7 heteroatoms. The molecular weight excluding hydrogens is 458 g/mol. The molecule has 5 nitrogen and oxygen atoms in total. The van der Waals surface area contributed by atoms with Crippen LogP contribution in [0.4, 0.5) is 0 Å². The number of hydrogen-bond acceptors (Lipinski definition) is 4. The maximum absolute atomic E-state index is 13.1. The van der Waals surface area contributed by atoms with Gasteiger partial charge >= 0.3 is 5.97 Å². The SMILES string of the molecule is COC(=O)CCCc1ccc(C(CCC2CCCCC2)NS(=O)(=O)c2ccc(Cl)cc2)cc1. The molecule has 0 saturated heterocycles. The summed E-state index contributed by atoms with van der Waals surface area (Å²) in [6.45, 7) is 0. The van der Waals surface area contributed by atoms with E-state index in [2.05, 4.69) is 4.72 Å². The molecule has 3 rings (SSSR count). The van der Waals surface area contributed by atoms with Crippen molar-refractivity contribution in [2.24, 2.45) is 5.92 Å². The summed E-state index contributed by atoms with van der Waals surface area (Å²) < 4.78 is 33.8. The number of halogens is 1. The standard InChI is InChI=1S/C26H34ClNO4S/c1-32-26(29)9-5-8-21-10-13-22(14-11-21)25(19-12-20-6-3-2-4-7-20)28-33(30,31)24-17-15-23(27)16-18-24/h10-11,13-18,20,25,28H,2-9,12,19H2,1H3. The first-order valence-corrected chi connectivity index (χ1v) is 13.7. The van der Waals surface area contributed by atoms with Crippen LogP contribution in [0.15, 0.2) is 53.4 Å². The first-order chi connectivity index (χ1) is 15.9. The molecule has 1 aliphatic rings. The zero-order valence-electron chi connectivity index (χ0n) is 19.3. The van der Waals surface area contributed by atoms with Crippen molar-refractivity contribution in [3.63, 3.8) is 0 Å². The van der Waals surface area contributed by atoms with Crippen molar-refractivity contribution >= 4 is 27.6 Å². The Morgan fingerprint density at radius 2 is 1.73 bits per heavy atom. The van der Waals surface area contributed by atoms with Crippen molar-refractivity contribution in [1.29, 1.82) is 0 Å². The van der Waals surface area contributed by atoms with Gasteiger partial charge in [0.1, 0.15) is 0 Å². The highest BCUT2D eigenvalue weighted by Crippen LogP contribution is 2.31. The Hall–Kier alpha value is -1.89. The fourth-order valence-electron chi connectivity index (χ4n) is 4.50. The van der Waals surface area contributed by atoms with Gasteiger partial charge in [0.05, 0.1) is 12.0 Å². The van der Waals surface area contributed by atoms with Crippen LogP contribution in [0.1, 0.15) is 75.0 Å². The van der Waals surface area contributed by atoms with Gasteiger partial charge in [-0.05, 0) is 67.0 Å². The minimum absolute atomic E-state index is 0.203. The third-order valence-electron chi connectivity index (χ3n) is 6.47. The molecule has 0 amide bonds. The zero-order valence-corrected chi connectivity index (χ0v) is 20.8. The molecule has 0 aliphatic heterocycles. The molecule has 1 unspecified atom stereocenters. The highest BCUT2D eigenvalue weighted by atomic mass is 35.5. The maximum Gasteiger partial charge on any atom is 0.305 e. The van der Waals surface area contributed by atoms with E-state index in [-0.39, 0.29) is 16.9 Å². The van der Waals surface area contributed by atoms with Gasteiger partial charge in [0.25, 0.3) is 0 Å². The fraction of sp³-hybridized carbons (Fsp3) is 0.500. The topological polar surface area (TPSA) is 72.5 Å². The molecule has 1 atom stereocenters. The van der Waals surface area contributed by atoms with Gasteiger partial charge in [-0.2, -0.15) is 0 Å². The highest BCUT2D eigenvalue weighted by molar-refractivity contribution is 7.89. The van der Waals surface area contributed by atoms with E-state index in [9.17, 15) is 13.2 Å². The average Bonchev–Trinajstić information content (AvgIpc) is 2.83. The second kappa shape index (κ2) is 12.5. The smallest absolute Gasteiger partial charge is 0.305 e. The fourth-order valence-corrected chi connectivity index (χ4v) is 5.88. The summed E-state index contributed by atoms with van der Waals surface area (Å²) in [6, 6.07) is 14.0. The second-order valence-electron chi connectivity index (χ2n) is 8.88. The van der Waals surface area contributed by atoms with E-state index < -0.39 is 10.0 Å². The van der Waals surface area contributed by atoms with Crippen LogP contribution in [0.5, 0.6) is 0 Å². The van der Waals surface area contributed by atoms with Crippen LogP contribution in [-0.4, -0.2) is 21.5 Å². The molecule has 0 bridgehead atoms. The molecule has 1 aliphatic carbocycles. The van der Waals surface area contributed by atoms with Crippen LogP contribution in [0, 0.1) is 5.92 Å². The van der Waals surface area contributed by atoms with Crippen molar-refractivity contribution in [3.8, 4) is 0 Å². The van der Waals surface area contributed by atoms with Crippen LogP contribution in [-0.2, 0) is 26.0 Å². The minimum atomic E-state index is -3.67. The molecule has 2 aromatic carbocycles. The number of carbonyl (C=O) groups excluding carboxylic acids is 1. The van der Waals surface area contributed by atoms with Crippen molar-refractivity contribution in [2.45, 2.75) is 75.1 Å². The largest absolute Gasteiger partial charge is 0.469 e. The van der Waals surface area contributed by atoms with Crippen LogP contribution in [0.25, 0.3) is 0 Å². The van der Waals surface area contributed by atoms with Gasteiger partial charge < -0.3 is 4.74 Å². The molecule has 180 valence electrons. The van der Waals surface area contributed by atoms with Gasteiger partial charge in [-0.15, -0.1) is 0 Å². The third kappa shape index (κ3) is 8.13. The minimum Gasteiger partial charge on any atom is -0.469 e. The number of methoxy groups -OCH3 is 1. The Morgan fingerprint density at radius 1 is 1.06 bits per heavy atom. The summed E-state index contributed by atoms with van der Waals surface area (Å²) in [6.07, 6.45) is 9.97. The number of carbonyl (C=O) groups is 1. The number of rotatable bonds is 11. The lowest BCUT2D eigenvalue weighted by molar-refractivity contribution is -0.140. The van der Waals surface area contributed by atoms with Crippen LogP contribution >= 0.6 is 11.6 Å². The van der Waals surface area contributed by atoms with Gasteiger partial charge in [-0.3, -0.25) is 4.79 Å². The molecule has 0 heterocycles. The lowest BCUT2D eigenvalue weighted by Gasteiger charge is -2.25. The monoisotopic (exact) mass is 491 g/mol. The van der Waals surface area contributed by atoms with Gasteiger partial charge in [-0.1, -0.05) is 68.0 Å². The Balaban J connectivity index is 1.71. The number of nitrogens with one attached hydrogen (secondary N) is 1. The van der Waals surface area contributed by atoms with Crippen LogP contribution < -0.4 is 4.72 Å². The number of hydrogen-bond donors (Lipinski definition) is 1. The number of benzene rings is 2. The maximum atomic E-state index is 13.1. The first kappa shape index (κ1) is 25.7. The Kier molecular flexibility index (Phi) is 9.78. The molecule has 1 N–H and O–H groups in total. The van der Waals surface area contributed by atoms with Gasteiger partial charge in [0, 0.05) is 17.5 Å². The molecule has 0 radical (unpaired) electrons. The van der Waals surface area contributed by atoms with Crippen molar-refractivity contribution in [2.75, 3.05) is 7.11 Å². The van der Waals surface area contributed by atoms with Gasteiger partial charge in [0.2, 0.25) is 10.0 Å². The molecule has 0 aromatic heterocycles. The summed E-state index contributed by atoms with van der Waals surface area (Å²) in [7, 11) is -2.28. The Labute approximate surface area is 202 Å². The van der Waals surface area contributed by atoms with E-state index in [0.29, 0.717) is 17.4 Å². The molecule has 0 spiro atoms. The van der Waals surface area contributed by atoms with E-state index in [1.165, 1.54) is 51.3 Å². The molecule has 33 heavy (non-hydrogen) atoms. The van der Waals surface area contributed by atoms with E-state index in [1.54, 1.807) is 12.1 Å². The number of sulfonamides is 1. The van der Waals surface area contributed by atoms with E-state index in [4.69, 9.17) is 16.3 Å². The number of aryl methyl sites for hydroxylation is 1. The number of ether oxygens (including phenoxy) is 1. The zero-order chi connectivity index (χ0) is 23.7.